The van der Waals surface area contributed by atoms with Gasteiger partial charge in [0, 0.05) is 22.3 Å². The van der Waals surface area contributed by atoms with E-state index in [4.69, 9.17) is 27.9 Å². The number of benzene rings is 2. The lowest BCUT2D eigenvalue weighted by molar-refractivity contribution is -0.118. The molecule has 2 N–H and O–H groups in total. The van der Waals surface area contributed by atoms with Gasteiger partial charge in [-0.15, -0.1) is 0 Å². The molecule has 5 nitrogen and oxygen atoms in total. The molecule has 3 rings (SSSR count). The predicted molar refractivity (Wildman–Crippen MR) is 103 cm³/mol. The summed E-state index contributed by atoms with van der Waals surface area (Å²) in [5, 5.41) is 6.52. The Morgan fingerprint density at radius 3 is 2.46 bits per heavy atom. The summed E-state index contributed by atoms with van der Waals surface area (Å²) in [5.41, 5.74) is 2.11. The Morgan fingerprint density at radius 2 is 1.81 bits per heavy atom. The maximum Gasteiger partial charge on any atom is 0.262 e. The molecule has 1 aliphatic carbocycles. The van der Waals surface area contributed by atoms with Crippen LogP contribution in [-0.2, 0) is 9.59 Å². The number of carbonyl (C=O) groups is 2. The number of hydrogen-bond acceptors (Lipinski definition) is 3. The molecule has 136 valence electrons. The summed E-state index contributed by atoms with van der Waals surface area (Å²) in [6, 6.07) is 10.2. The highest BCUT2D eigenvalue weighted by Gasteiger charge is 2.29. The van der Waals surface area contributed by atoms with E-state index in [-0.39, 0.29) is 24.3 Å². The third-order valence-electron chi connectivity index (χ3n) is 4.07. The van der Waals surface area contributed by atoms with Gasteiger partial charge < -0.3 is 15.4 Å². The van der Waals surface area contributed by atoms with Gasteiger partial charge in [-0.3, -0.25) is 9.59 Å². The number of anilines is 2. The maximum atomic E-state index is 12.2. The molecular formula is C19H18Cl2N2O3. The maximum absolute atomic E-state index is 12.2. The molecule has 7 heteroatoms. The average molecular weight is 393 g/mol. The van der Waals surface area contributed by atoms with E-state index in [1.54, 1.807) is 30.3 Å². The monoisotopic (exact) mass is 392 g/mol. The summed E-state index contributed by atoms with van der Waals surface area (Å²) in [5.74, 6) is 0.195. The molecule has 2 aromatic carbocycles. The van der Waals surface area contributed by atoms with E-state index >= 15 is 0 Å². The van der Waals surface area contributed by atoms with Crippen LogP contribution in [0.1, 0.15) is 18.4 Å². The zero-order valence-corrected chi connectivity index (χ0v) is 15.7. The minimum absolute atomic E-state index is 0.0253. The molecule has 0 heterocycles. The first-order chi connectivity index (χ1) is 12.4. The van der Waals surface area contributed by atoms with Crippen LogP contribution in [0, 0.1) is 12.8 Å². The van der Waals surface area contributed by atoms with Crippen molar-refractivity contribution in [2.24, 2.45) is 5.92 Å². The fourth-order valence-electron chi connectivity index (χ4n) is 2.41. The highest BCUT2D eigenvalue weighted by Crippen LogP contribution is 2.32. The average Bonchev–Trinajstić information content (AvgIpc) is 3.43. The van der Waals surface area contributed by atoms with Crippen molar-refractivity contribution in [3.63, 3.8) is 0 Å². The lowest BCUT2D eigenvalue weighted by Crippen LogP contribution is -2.21. The highest BCUT2D eigenvalue weighted by atomic mass is 35.5. The highest BCUT2D eigenvalue weighted by molar-refractivity contribution is 6.35. The molecule has 2 aromatic rings. The Kier molecular flexibility index (Phi) is 5.69. The second-order valence-electron chi connectivity index (χ2n) is 6.15. The number of halogens is 2. The van der Waals surface area contributed by atoms with Gasteiger partial charge in [0.1, 0.15) is 5.75 Å². The fourth-order valence-corrected chi connectivity index (χ4v) is 2.87. The molecule has 0 aromatic heterocycles. The van der Waals surface area contributed by atoms with Gasteiger partial charge in [0.2, 0.25) is 5.91 Å². The van der Waals surface area contributed by atoms with Gasteiger partial charge >= 0.3 is 0 Å². The number of amides is 2. The first kappa shape index (κ1) is 18.5. The molecule has 0 radical (unpaired) electrons. The van der Waals surface area contributed by atoms with Crippen LogP contribution in [0.15, 0.2) is 36.4 Å². The van der Waals surface area contributed by atoms with Gasteiger partial charge in [0.15, 0.2) is 6.61 Å². The topological polar surface area (TPSA) is 67.4 Å². The molecule has 1 aliphatic rings. The largest absolute Gasteiger partial charge is 0.482 e. The summed E-state index contributed by atoms with van der Waals surface area (Å²) < 4.78 is 5.43. The van der Waals surface area contributed by atoms with Crippen molar-refractivity contribution in [1.82, 2.24) is 0 Å². The van der Waals surface area contributed by atoms with Gasteiger partial charge in [0.05, 0.1) is 5.02 Å². The minimum Gasteiger partial charge on any atom is -0.482 e. The van der Waals surface area contributed by atoms with Gasteiger partial charge in [-0.1, -0.05) is 29.3 Å². The third-order valence-corrected chi connectivity index (χ3v) is 4.60. The van der Waals surface area contributed by atoms with Crippen LogP contribution in [0.5, 0.6) is 5.75 Å². The Bertz CT molecular complexity index is 851. The molecule has 0 atom stereocenters. The second kappa shape index (κ2) is 7.98. The normalized spacial score (nSPS) is 13.2. The van der Waals surface area contributed by atoms with Crippen molar-refractivity contribution in [3.8, 4) is 5.75 Å². The number of hydrogen-bond donors (Lipinski definition) is 2. The minimum atomic E-state index is -0.329. The Hall–Kier alpha value is -2.24. The summed E-state index contributed by atoms with van der Waals surface area (Å²) in [6.07, 6.45) is 1.87. The van der Waals surface area contributed by atoms with E-state index in [1.807, 2.05) is 13.0 Å². The van der Waals surface area contributed by atoms with Crippen molar-refractivity contribution in [2.75, 3.05) is 17.2 Å². The summed E-state index contributed by atoms with van der Waals surface area (Å²) in [6.45, 7) is 1.65. The number of carbonyl (C=O) groups excluding carboxylic acids is 2. The number of ether oxygens (including phenoxy) is 1. The lowest BCUT2D eigenvalue weighted by atomic mass is 10.1. The Labute approximate surface area is 161 Å². The zero-order valence-electron chi connectivity index (χ0n) is 14.1. The Morgan fingerprint density at radius 1 is 1.12 bits per heavy atom. The van der Waals surface area contributed by atoms with Crippen LogP contribution in [-0.4, -0.2) is 18.4 Å². The van der Waals surface area contributed by atoms with Crippen LogP contribution >= 0.6 is 23.2 Å². The smallest absolute Gasteiger partial charge is 0.262 e. The van der Waals surface area contributed by atoms with E-state index in [2.05, 4.69) is 10.6 Å². The van der Waals surface area contributed by atoms with E-state index < -0.39 is 0 Å². The SMILES string of the molecule is Cc1c(NC(=O)COc2ccc(Cl)cc2Cl)cccc1NC(=O)C1CC1. The van der Waals surface area contributed by atoms with Gasteiger partial charge in [-0.25, -0.2) is 0 Å². The third kappa shape index (κ3) is 4.68. The molecule has 1 fully saturated rings. The first-order valence-electron chi connectivity index (χ1n) is 8.22. The van der Waals surface area contributed by atoms with Crippen LogP contribution in [0.25, 0.3) is 0 Å². The van der Waals surface area contributed by atoms with Crippen LogP contribution in [0.2, 0.25) is 10.0 Å². The Balaban J connectivity index is 1.60. The molecule has 0 aliphatic heterocycles. The first-order valence-corrected chi connectivity index (χ1v) is 8.98. The molecule has 0 spiro atoms. The van der Waals surface area contributed by atoms with Crippen LogP contribution in [0.3, 0.4) is 0 Å². The predicted octanol–water partition coefficient (Wildman–Crippen LogP) is 4.67. The zero-order chi connectivity index (χ0) is 18.7. The van der Waals surface area contributed by atoms with Crippen molar-refractivity contribution in [3.05, 3.63) is 52.0 Å². The van der Waals surface area contributed by atoms with E-state index in [9.17, 15) is 9.59 Å². The molecular weight excluding hydrogens is 375 g/mol. The van der Waals surface area contributed by atoms with Gasteiger partial charge in [-0.05, 0) is 55.7 Å². The van der Waals surface area contributed by atoms with Crippen LogP contribution < -0.4 is 15.4 Å². The van der Waals surface area contributed by atoms with Crippen molar-refractivity contribution >= 4 is 46.4 Å². The van der Waals surface area contributed by atoms with Crippen molar-refractivity contribution in [2.45, 2.75) is 19.8 Å². The second-order valence-corrected chi connectivity index (χ2v) is 7.00. The molecule has 1 saturated carbocycles. The van der Waals surface area contributed by atoms with Crippen molar-refractivity contribution in [1.29, 1.82) is 0 Å². The van der Waals surface area contributed by atoms with Gasteiger partial charge in [-0.2, -0.15) is 0 Å². The summed E-state index contributed by atoms with van der Waals surface area (Å²) in [7, 11) is 0. The quantitative estimate of drug-likeness (QED) is 0.750. The van der Waals surface area contributed by atoms with Gasteiger partial charge in [0.25, 0.3) is 5.91 Å². The number of rotatable bonds is 6. The van der Waals surface area contributed by atoms with E-state index in [1.165, 1.54) is 0 Å². The van der Waals surface area contributed by atoms with E-state index in [0.717, 1.165) is 18.4 Å². The fraction of sp³-hybridized carbons (Fsp3) is 0.263. The molecule has 0 bridgehead atoms. The standard InChI is InChI=1S/C19H18Cl2N2O3/c1-11-15(3-2-4-16(11)23-19(25)12-5-6-12)22-18(24)10-26-17-8-7-13(20)9-14(17)21/h2-4,7-9,12H,5-6,10H2,1H3,(H,22,24)(H,23,25). The van der Waals surface area contributed by atoms with Crippen molar-refractivity contribution < 1.29 is 14.3 Å². The lowest BCUT2D eigenvalue weighted by Gasteiger charge is -2.14. The van der Waals surface area contributed by atoms with Crippen LogP contribution in [0.4, 0.5) is 11.4 Å². The van der Waals surface area contributed by atoms with E-state index in [0.29, 0.717) is 27.2 Å². The molecule has 26 heavy (non-hydrogen) atoms. The summed E-state index contributed by atoms with van der Waals surface area (Å²) in [4.78, 5) is 24.1. The number of nitrogens with one attached hydrogen (secondary N) is 2. The molecule has 2 amide bonds. The molecule has 0 saturated heterocycles. The summed E-state index contributed by atoms with van der Waals surface area (Å²) >= 11 is 11.8. The molecule has 0 unspecified atom stereocenters.